The highest BCUT2D eigenvalue weighted by Crippen LogP contribution is 2.09. The summed E-state index contributed by atoms with van der Waals surface area (Å²) in [6.45, 7) is 3.01. The Bertz CT molecular complexity index is 782. The van der Waals surface area contributed by atoms with Crippen molar-refractivity contribution in [3.8, 4) is 0 Å². The molecule has 0 aliphatic carbocycles. The lowest BCUT2D eigenvalue weighted by Crippen LogP contribution is -2.34. The van der Waals surface area contributed by atoms with E-state index in [4.69, 9.17) is 5.73 Å². The van der Waals surface area contributed by atoms with Gasteiger partial charge in [-0.1, -0.05) is 0 Å². The number of aromatic nitrogens is 2. The molecule has 2 aromatic rings. The molecule has 1 aromatic carbocycles. The van der Waals surface area contributed by atoms with E-state index in [1.807, 2.05) is 0 Å². The highest BCUT2D eigenvalue weighted by Gasteiger charge is 2.10. The van der Waals surface area contributed by atoms with E-state index in [1.165, 1.54) is 6.07 Å². The Labute approximate surface area is 132 Å². The van der Waals surface area contributed by atoms with Gasteiger partial charge in [-0.15, -0.1) is 12.4 Å². The first-order chi connectivity index (χ1) is 10.1. The third-order valence-electron chi connectivity index (χ3n) is 3.23. The number of carbonyl (C=O) groups excluding carboxylic acids is 1. The molecule has 0 aliphatic rings. The van der Waals surface area contributed by atoms with Crippen LogP contribution < -0.4 is 22.3 Å². The molecule has 0 unspecified atom stereocenters. The summed E-state index contributed by atoms with van der Waals surface area (Å²) in [5.41, 5.74) is 5.28. The van der Waals surface area contributed by atoms with E-state index in [0.29, 0.717) is 42.5 Å². The van der Waals surface area contributed by atoms with Crippen LogP contribution in [0, 0.1) is 0 Å². The molecule has 120 valence electrons. The van der Waals surface area contributed by atoms with Crippen LogP contribution in [0.2, 0.25) is 0 Å². The molecule has 2 rings (SSSR count). The van der Waals surface area contributed by atoms with Crippen LogP contribution in [-0.4, -0.2) is 28.5 Å². The Balaban J connectivity index is 0.00000242. The minimum absolute atomic E-state index is 0. The van der Waals surface area contributed by atoms with E-state index in [-0.39, 0.29) is 23.9 Å². The molecule has 22 heavy (non-hydrogen) atoms. The first-order valence-electron chi connectivity index (χ1n) is 6.83. The molecule has 0 aliphatic heterocycles. The van der Waals surface area contributed by atoms with Crippen molar-refractivity contribution in [2.24, 2.45) is 5.73 Å². The van der Waals surface area contributed by atoms with Gasteiger partial charge in [-0.2, -0.15) is 0 Å². The van der Waals surface area contributed by atoms with Crippen molar-refractivity contribution in [3.05, 3.63) is 44.6 Å². The number of nitrogens with one attached hydrogen (secondary N) is 2. The smallest absolute Gasteiger partial charge is 0.328 e. The van der Waals surface area contributed by atoms with Crippen LogP contribution in [0.15, 0.2) is 27.8 Å². The normalized spacial score (nSPS) is 10.3. The second-order valence-corrected chi connectivity index (χ2v) is 4.64. The molecule has 0 bridgehead atoms. The van der Waals surface area contributed by atoms with Gasteiger partial charge < -0.3 is 16.0 Å². The Morgan fingerprint density at radius 1 is 1.36 bits per heavy atom. The van der Waals surface area contributed by atoms with Gasteiger partial charge in [-0.25, -0.2) is 4.79 Å². The molecular weight excluding hydrogens is 308 g/mol. The summed E-state index contributed by atoms with van der Waals surface area (Å²) in [5, 5.41) is 3.11. The van der Waals surface area contributed by atoms with Gasteiger partial charge in [0.25, 0.3) is 11.5 Å². The third kappa shape index (κ3) is 3.55. The van der Waals surface area contributed by atoms with Gasteiger partial charge in [-0.05, 0) is 38.1 Å². The number of nitrogens with zero attached hydrogens (tertiary/aromatic N) is 1. The minimum Gasteiger partial charge on any atom is -0.352 e. The lowest BCUT2D eigenvalue weighted by Gasteiger charge is -2.07. The topological polar surface area (TPSA) is 110 Å². The zero-order valence-corrected chi connectivity index (χ0v) is 13.0. The number of H-pyrrole nitrogens is 1. The van der Waals surface area contributed by atoms with Gasteiger partial charge in [0, 0.05) is 18.7 Å². The molecular formula is C14H19ClN4O3. The second-order valence-electron chi connectivity index (χ2n) is 4.64. The maximum atomic E-state index is 12.1. The first-order valence-corrected chi connectivity index (χ1v) is 6.83. The highest BCUT2D eigenvalue weighted by atomic mass is 35.5. The van der Waals surface area contributed by atoms with Crippen molar-refractivity contribution >= 4 is 29.2 Å². The maximum absolute atomic E-state index is 12.1. The molecule has 0 fully saturated rings. The molecule has 7 nitrogen and oxygen atoms in total. The summed E-state index contributed by atoms with van der Waals surface area (Å²) < 4.78 is 1.11. The molecule has 0 spiro atoms. The van der Waals surface area contributed by atoms with Crippen molar-refractivity contribution in [3.63, 3.8) is 0 Å². The molecule has 4 N–H and O–H groups in total. The highest BCUT2D eigenvalue weighted by molar-refractivity contribution is 5.97. The predicted octanol–water partition coefficient (Wildman–Crippen LogP) is 0.210. The number of hydrogen-bond acceptors (Lipinski definition) is 4. The summed E-state index contributed by atoms with van der Waals surface area (Å²) in [6.07, 6.45) is 0.692. The van der Waals surface area contributed by atoms with Crippen LogP contribution in [0.4, 0.5) is 0 Å². The van der Waals surface area contributed by atoms with Gasteiger partial charge in [0.2, 0.25) is 0 Å². The number of hydrogen-bond donors (Lipinski definition) is 3. The molecule has 0 radical (unpaired) electrons. The molecule has 0 saturated carbocycles. The van der Waals surface area contributed by atoms with Crippen molar-refractivity contribution in [2.45, 2.75) is 19.9 Å². The van der Waals surface area contributed by atoms with Crippen LogP contribution in [0.1, 0.15) is 23.7 Å². The number of rotatable bonds is 5. The molecule has 1 amide bonds. The molecule has 0 saturated heterocycles. The van der Waals surface area contributed by atoms with Crippen LogP contribution in [0.5, 0.6) is 0 Å². The summed E-state index contributed by atoms with van der Waals surface area (Å²) in [7, 11) is 0. The van der Waals surface area contributed by atoms with Crippen molar-refractivity contribution in [2.75, 3.05) is 13.1 Å². The number of fused-ring (bicyclic) bond motifs is 1. The van der Waals surface area contributed by atoms with Gasteiger partial charge >= 0.3 is 5.69 Å². The Morgan fingerprint density at radius 3 is 2.73 bits per heavy atom. The average Bonchev–Trinajstić information content (AvgIpc) is 2.47. The lowest BCUT2D eigenvalue weighted by molar-refractivity contribution is 0.0953. The number of aromatic amines is 1. The number of carbonyl (C=O) groups is 1. The van der Waals surface area contributed by atoms with E-state index >= 15 is 0 Å². The average molecular weight is 327 g/mol. The fourth-order valence-electron chi connectivity index (χ4n) is 2.09. The lowest BCUT2D eigenvalue weighted by atomic mass is 10.1. The standard InChI is InChI=1S/C14H18N4O3.ClH/c1-2-18-13(20)10-5-4-9(8-11(10)17-14(18)21)12(19)16-7-3-6-15;/h4-5,8H,2-3,6-7,15H2,1H3,(H,16,19)(H,17,21);1H. The quantitative estimate of drug-likeness (QED) is 0.682. The third-order valence-corrected chi connectivity index (χ3v) is 3.23. The Morgan fingerprint density at radius 2 is 2.09 bits per heavy atom. The maximum Gasteiger partial charge on any atom is 0.328 e. The van der Waals surface area contributed by atoms with Crippen LogP contribution in [0.25, 0.3) is 10.9 Å². The number of amides is 1. The zero-order valence-electron chi connectivity index (χ0n) is 12.2. The number of halogens is 1. The fraction of sp³-hybridized carbons (Fsp3) is 0.357. The Kier molecular flexibility index (Phi) is 6.33. The van der Waals surface area contributed by atoms with Crippen LogP contribution in [0.3, 0.4) is 0 Å². The zero-order chi connectivity index (χ0) is 15.4. The van der Waals surface area contributed by atoms with Gasteiger partial charge in [0.05, 0.1) is 10.9 Å². The molecule has 8 heteroatoms. The summed E-state index contributed by atoms with van der Waals surface area (Å²) in [6, 6.07) is 4.63. The predicted molar refractivity (Wildman–Crippen MR) is 87.8 cm³/mol. The molecule has 1 aromatic heterocycles. The first kappa shape index (κ1) is 17.9. The fourth-order valence-corrected chi connectivity index (χ4v) is 2.09. The molecule has 0 atom stereocenters. The molecule has 1 heterocycles. The van der Waals surface area contributed by atoms with Crippen LogP contribution >= 0.6 is 12.4 Å². The second kappa shape index (κ2) is 7.77. The van der Waals surface area contributed by atoms with Crippen molar-refractivity contribution in [1.29, 1.82) is 0 Å². The minimum atomic E-state index is -0.476. The SMILES string of the molecule is CCn1c(=O)[nH]c2cc(C(=O)NCCCN)ccc2c1=O.Cl. The number of benzene rings is 1. The van der Waals surface area contributed by atoms with Gasteiger partial charge in [0.1, 0.15) is 0 Å². The van der Waals surface area contributed by atoms with Crippen molar-refractivity contribution in [1.82, 2.24) is 14.9 Å². The van der Waals surface area contributed by atoms with Crippen molar-refractivity contribution < 1.29 is 4.79 Å². The summed E-state index contributed by atoms with van der Waals surface area (Å²) in [4.78, 5) is 38.4. The largest absolute Gasteiger partial charge is 0.352 e. The van der Waals surface area contributed by atoms with E-state index in [2.05, 4.69) is 10.3 Å². The van der Waals surface area contributed by atoms with Gasteiger partial charge in [0.15, 0.2) is 0 Å². The van der Waals surface area contributed by atoms with E-state index in [0.717, 1.165) is 4.57 Å². The monoisotopic (exact) mass is 326 g/mol. The summed E-state index contributed by atoms with van der Waals surface area (Å²) in [5.74, 6) is -0.258. The van der Waals surface area contributed by atoms with E-state index < -0.39 is 5.69 Å². The van der Waals surface area contributed by atoms with Crippen LogP contribution in [-0.2, 0) is 6.54 Å². The van der Waals surface area contributed by atoms with E-state index in [9.17, 15) is 14.4 Å². The summed E-state index contributed by atoms with van der Waals surface area (Å²) >= 11 is 0. The van der Waals surface area contributed by atoms with Gasteiger partial charge in [-0.3, -0.25) is 14.2 Å². The Hall–Kier alpha value is -2.12. The van der Waals surface area contributed by atoms with E-state index in [1.54, 1.807) is 19.1 Å². The number of nitrogens with two attached hydrogens (primary N) is 1.